The first-order valence-electron chi connectivity index (χ1n) is 7.56. The molecule has 0 aliphatic carbocycles. The summed E-state index contributed by atoms with van der Waals surface area (Å²) in [5.41, 5.74) is 7.18. The Labute approximate surface area is 130 Å². The van der Waals surface area contributed by atoms with Gasteiger partial charge in [-0.15, -0.1) is 11.8 Å². The Morgan fingerprint density at radius 2 is 2.14 bits per heavy atom. The molecule has 1 unspecified atom stereocenters. The topological polar surface area (TPSA) is 61.9 Å². The van der Waals surface area contributed by atoms with E-state index in [0.29, 0.717) is 11.1 Å². The van der Waals surface area contributed by atoms with Gasteiger partial charge in [0.2, 0.25) is 0 Å². The van der Waals surface area contributed by atoms with Crippen LogP contribution >= 0.6 is 11.8 Å². The maximum Gasteiger partial charge on any atom is 0.145 e. The van der Waals surface area contributed by atoms with E-state index in [-0.39, 0.29) is 5.41 Å². The molecule has 21 heavy (non-hydrogen) atoms. The van der Waals surface area contributed by atoms with E-state index in [0.717, 1.165) is 32.5 Å². The molecular formula is C16H23N3OS. The summed E-state index contributed by atoms with van der Waals surface area (Å²) in [6, 6.07) is 8.72. The normalized spacial score (nSPS) is 25.8. The van der Waals surface area contributed by atoms with Crippen molar-refractivity contribution >= 4 is 17.6 Å². The van der Waals surface area contributed by atoms with Gasteiger partial charge in [0.25, 0.3) is 0 Å². The number of hydrogen-bond donors (Lipinski definition) is 2. The Morgan fingerprint density at radius 3 is 2.81 bits per heavy atom. The Balaban J connectivity index is 1.53. The molecule has 0 bridgehead atoms. The van der Waals surface area contributed by atoms with Crippen LogP contribution in [-0.4, -0.2) is 40.8 Å². The van der Waals surface area contributed by atoms with Gasteiger partial charge in [0.1, 0.15) is 5.84 Å². The summed E-state index contributed by atoms with van der Waals surface area (Å²) >= 11 is 2.01. The molecule has 0 amide bonds. The van der Waals surface area contributed by atoms with Crippen molar-refractivity contribution in [3.63, 3.8) is 0 Å². The highest BCUT2D eigenvalue weighted by Crippen LogP contribution is 2.38. The van der Waals surface area contributed by atoms with Crippen LogP contribution in [0.3, 0.4) is 0 Å². The van der Waals surface area contributed by atoms with Crippen LogP contribution in [0.15, 0.2) is 34.3 Å². The molecule has 3 N–H and O–H groups in total. The van der Waals surface area contributed by atoms with Crippen molar-refractivity contribution < 1.29 is 5.21 Å². The average Bonchev–Trinajstić information content (AvgIpc) is 2.91. The lowest BCUT2D eigenvalue weighted by molar-refractivity contribution is 0.160. The van der Waals surface area contributed by atoms with E-state index in [2.05, 4.69) is 41.2 Å². The van der Waals surface area contributed by atoms with Crippen molar-refractivity contribution in [3.8, 4) is 0 Å². The van der Waals surface area contributed by atoms with Gasteiger partial charge < -0.3 is 15.8 Å². The van der Waals surface area contributed by atoms with Crippen molar-refractivity contribution in [2.75, 3.05) is 19.6 Å². The number of thioether (sulfide) groups is 1. The number of fused-ring (bicyclic) bond motifs is 1. The maximum absolute atomic E-state index is 8.89. The molecule has 1 aromatic carbocycles. The summed E-state index contributed by atoms with van der Waals surface area (Å²) in [4.78, 5) is 3.97. The highest BCUT2D eigenvalue weighted by Gasteiger charge is 2.35. The smallest absolute Gasteiger partial charge is 0.145 e. The highest BCUT2D eigenvalue weighted by molar-refractivity contribution is 8.00. The molecule has 1 aromatic rings. The molecule has 1 fully saturated rings. The summed E-state index contributed by atoms with van der Waals surface area (Å²) in [5.74, 6) is 0.379. The fraction of sp³-hybridized carbons (Fsp3) is 0.562. The number of amidine groups is 1. The second-order valence-corrected chi connectivity index (χ2v) is 7.74. The second kappa shape index (κ2) is 5.89. The standard InChI is InChI=1S/C16H23N3OS/c1-16(15(17)18-20)6-8-19(9-7-16)11-13-10-12-4-2-3-5-14(12)21-13/h2-5,13,20H,6-11H2,1H3,(H2,17,18). The first-order chi connectivity index (χ1) is 10.1. The van der Waals surface area contributed by atoms with Crippen molar-refractivity contribution in [1.82, 2.24) is 4.90 Å². The number of nitrogens with zero attached hydrogens (tertiary/aromatic N) is 2. The van der Waals surface area contributed by atoms with Crippen LogP contribution < -0.4 is 5.73 Å². The van der Waals surface area contributed by atoms with Gasteiger partial charge >= 0.3 is 0 Å². The molecule has 1 saturated heterocycles. The molecular weight excluding hydrogens is 282 g/mol. The van der Waals surface area contributed by atoms with Crippen LogP contribution in [0.4, 0.5) is 0 Å². The van der Waals surface area contributed by atoms with Gasteiger partial charge in [0.05, 0.1) is 0 Å². The number of piperidine rings is 1. The van der Waals surface area contributed by atoms with Crippen molar-refractivity contribution in [2.24, 2.45) is 16.3 Å². The predicted octanol–water partition coefficient (Wildman–Crippen LogP) is 2.55. The number of hydrogen-bond acceptors (Lipinski definition) is 4. The predicted molar refractivity (Wildman–Crippen MR) is 87.0 cm³/mol. The van der Waals surface area contributed by atoms with Gasteiger partial charge in [0.15, 0.2) is 0 Å². The minimum Gasteiger partial charge on any atom is -0.409 e. The molecule has 3 rings (SSSR count). The first-order valence-corrected chi connectivity index (χ1v) is 8.43. The molecule has 0 radical (unpaired) electrons. The molecule has 2 heterocycles. The molecule has 0 aromatic heterocycles. The lowest BCUT2D eigenvalue weighted by Crippen LogP contribution is -2.47. The third-order valence-corrected chi connectivity index (χ3v) is 6.16. The van der Waals surface area contributed by atoms with Crippen LogP contribution in [0.25, 0.3) is 0 Å². The number of nitrogens with two attached hydrogens (primary N) is 1. The molecule has 4 nitrogen and oxygen atoms in total. The summed E-state index contributed by atoms with van der Waals surface area (Å²) in [6.45, 7) is 5.28. The van der Waals surface area contributed by atoms with Gasteiger partial charge in [-0.25, -0.2) is 0 Å². The Hall–Kier alpha value is -1.20. The fourth-order valence-corrected chi connectivity index (χ4v) is 4.62. The van der Waals surface area contributed by atoms with Crippen LogP contribution in [0.1, 0.15) is 25.3 Å². The molecule has 0 saturated carbocycles. The van der Waals surface area contributed by atoms with Gasteiger partial charge in [0, 0.05) is 22.1 Å². The van der Waals surface area contributed by atoms with Crippen LogP contribution in [0.5, 0.6) is 0 Å². The van der Waals surface area contributed by atoms with E-state index in [9.17, 15) is 0 Å². The summed E-state index contributed by atoms with van der Waals surface area (Å²) < 4.78 is 0. The van der Waals surface area contributed by atoms with E-state index in [1.165, 1.54) is 16.9 Å². The minimum absolute atomic E-state index is 0.142. The van der Waals surface area contributed by atoms with Crippen molar-refractivity contribution in [1.29, 1.82) is 0 Å². The molecule has 1 atom stereocenters. The minimum atomic E-state index is -0.142. The second-order valence-electron chi connectivity index (χ2n) is 6.40. The highest BCUT2D eigenvalue weighted by atomic mass is 32.2. The van der Waals surface area contributed by atoms with Gasteiger partial charge in [-0.2, -0.15) is 0 Å². The summed E-state index contributed by atoms with van der Waals surface area (Å²) in [6.07, 6.45) is 3.11. The fourth-order valence-electron chi connectivity index (χ4n) is 3.25. The molecule has 0 spiro atoms. The zero-order valence-electron chi connectivity index (χ0n) is 12.5. The van der Waals surface area contributed by atoms with Gasteiger partial charge in [-0.1, -0.05) is 30.3 Å². The van der Waals surface area contributed by atoms with Crippen molar-refractivity contribution in [2.45, 2.75) is 36.3 Å². The zero-order chi connectivity index (χ0) is 14.9. The van der Waals surface area contributed by atoms with E-state index in [1.54, 1.807) is 0 Å². The molecule has 114 valence electrons. The first kappa shape index (κ1) is 14.7. The number of benzene rings is 1. The zero-order valence-corrected chi connectivity index (χ0v) is 13.3. The van der Waals surface area contributed by atoms with Crippen molar-refractivity contribution in [3.05, 3.63) is 29.8 Å². The summed E-state index contributed by atoms with van der Waals surface area (Å²) in [5, 5.41) is 12.8. The third-order valence-electron chi connectivity index (χ3n) is 4.86. The number of rotatable bonds is 3. The van der Waals surface area contributed by atoms with E-state index < -0.39 is 0 Å². The summed E-state index contributed by atoms with van der Waals surface area (Å²) in [7, 11) is 0. The van der Waals surface area contributed by atoms with Crippen LogP contribution in [0, 0.1) is 5.41 Å². The van der Waals surface area contributed by atoms with Crippen LogP contribution in [0.2, 0.25) is 0 Å². The van der Waals surface area contributed by atoms with E-state index in [1.807, 2.05) is 11.8 Å². The van der Waals surface area contributed by atoms with Crippen LogP contribution in [-0.2, 0) is 6.42 Å². The van der Waals surface area contributed by atoms with E-state index >= 15 is 0 Å². The maximum atomic E-state index is 8.89. The van der Waals surface area contributed by atoms with E-state index in [4.69, 9.17) is 10.9 Å². The Morgan fingerprint density at radius 1 is 1.43 bits per heavy atom. The van der Waals surface area contributed by atoms with Gasteiger partial charge in [-0.3, -0.25) is 0 Å². The quantitative estimate of drug-likeness (QED) is 0.390. The monoisotopic (exact) mass is 305 g/mol. The Bertz CT molecular complexity index is 513. The number of likely N-dealkylation sites (tertiary alicyclic amines) is 1. The van der Waals surface area contributed by atoms with Gasteiger partial charge in [-0.05, 0) is 44.0 Å². The molecule has 2 aliphatic heterocycles. The molecule has 5 heteroatoms. The largest absolute Gasteiger partial charge is 0.409 e. The number of oxime groups is 1. The molecule has 2 aliphatic rings. The third kappa shape index (κ3) is 3.04. The lowest BCUT2D eigenvalue weighted by atomic mass is 9.79. The SMILES string of the molecule is CC1(/C(N)=N/O)CCN(CC2Cc3ccccc3S2)CC1. The average molecular weight is 305 g/mol. The lowest BCUT2D eigenvalue weighted by Gasteiger charge is -2.39. The Kier molecular flexibility index (Phi) is 4.13.